The third-order valence-corrected chi connectivity index (χ3v) is 3.74. The van der Waals surface area contributed by atoms with Crippen molar-refractivity contribution in [1.82, 2.24) is 9.97 Å². The fourth-order valence-electron chi connectivity index (χ4n) is 2.16. The highest BCUT2D eigenvalue weighted by Gasteiger charge is 2.10. The first-order chi connectivity index (χ1) is 12.5. The smallest absolute Gasteiger partial charge is 0.337 e. The van der Waals surface area contributed by atoms with E-state index in [2.05, 4.69) is 20.6 Å². The van der Waals surface area contributed by atoms with Gasteiger partial charge in [0.2, 0.25) is 5.95 Å². The summed E-state index contributed by atoms with van der Waals surface area (Å²) in [5, 5.41) is 6.41. The number of aromatic nitrogens is 2. The molecule has 2 aromatic carbocycles. The molecule has 0 aliphatic carbocycles. The van der Waals surface area contributed by atoms with E-state index in [1.54, 1.807) is 42.6 Å². The molecule has 0 aliphatic rings. The molecule has 0 amide bonds. The molecule has 2 N–H and O–H groups in total. The van der Waals surface area contributed by atoms with Crippen LogP contribution in [-0.4, -0.2) is 23.0 Å². The first kappa shape index (κ1) is 17.6. The van der Waals surface area contributed by atoms with Gasteiger partial charge in [0.25, 0.3) is 0 Å². The molecule has 6 nitrogen and oxygen atoms in total. The van der Waals surface area contributed by atoms with Crippen LogP contribution < -0.4 is 10.6 Å². The lowest BCUT2D eigenvalue weighted by Crippen LogP contribution is -2.04. The standard InChI is InChI=1S/C18H14ClFN4O2/c1-26-17(25)11-2-7-14(19)15(10-11)23-18-21-9-8-16(24-18)22-13-5-3-12(20)4-6-13/h2-10H,1H3,(H2,21,22,23,24). The molecule has 26 heavy (non-hydrogen) atoms. The summed E-state index contributed by atoms with van der Waals surface area (Å²) in [6.45, 7) is 0. The van der Waals surface area contributed by atoms with E-state index in [1.165, 1.54) is 19.2 Å². The van der Waals surface area contributed by atoms with Crippen LogP contribution in [0.2, 0.25) is 5.02 Å². The average molecular weight is 373 g/mol. The van der Waals surface area contributed by atoms with Crippen molar-refractivity contribution in [2.24, 2.45) is 0 Å². The lowest BCUT2D eigenvalue weighted by atomic mass is 10.2. The highest BCUT2D eigenvalue weighted by Crippen LogP contribution is 2.26. The van der Waals surface area contributed by atoms with Crippen LogP contribution in [0.3, 0.4) is 0 Å². The van der Waals surface area contributed by atoms with E-state index >= 15 is 0 Å². The molecule has 3 rings (SSSR count). The summed E-state index contributed by atoms with van der Waals surface area (Å²) in [4.78, 5) is 20.1. The van der Waals surface area contributed by atoms with Gasteiger partial charge in [0.05, 0.1) is 23.4 Å². The lowest BCUT2D eigenvalue weighted by molar-refractivity contribution is 0.0601. The van der Waals surface area contributed by atoms with Gasteiger partial charge in [-0.2, -0.15) is 4.98 Å². The largest absolute Gasteiger partial charge is 0.465 e. The van der Waals surface area contributed by atoms with E-state index in [-0.39, 0.29) is 11.8 Å². The van der Waals surface area contributed by atoms with Crippen molar-refractivity contribution in [3.63, 3.8) is 0 Å². The zero-order valence-electron chi connectivity index (χ0n) is 13.7. The molecule has 0 saturated carbocycles. The number of nitrogens with one attached hydrogen (secondary N) is 2. The first-order valence-electron chi connectivity index (χ1n) is 7.55. The highest BCUT2D eigenvalue weighted by atomic mass is 35.5. The van der Waals surface area contributed by atoms with E-state index < -0.39 is 5.97 Å². The Morgan fingerprint density at radius 3 is 2.62 bits per heavy atom. The fraction of sp³-hybridized carbons (Fsp3) is 0.0556. The topological polar surface area (TPSA) is 76.1 Å². The number of carbonyl (C=O) groups is 1. The number of anilines is 4. The quantitative estimate of drug-likeness (QED) is 0.640. The van der Waals surface area contributed by atoms with Crippen molar-refractivity contribution in [2.45, 2.75) is 0 Å². The van der Waals surface area contributed by atoms with E-state index in [0.29, 0.717) is 27.8 Å². The number of benzene rings is 2. The molecule has 0 bridgehead atoms. The molecule has 0 atom stereocenters. The summed E-state index contributed by atoms with van der Waals surface area (Å²) in [6, 6.07) is 12.3. The second-order valence-electron chi connectivity index (χ2n) is 5.21. The minimum Gasteiger partial charge on any atom is -0.465 e. The predicted octanol–water partition coefficient (Wildman–Crippen LogP) is 4.54. The average Bonchev–Trinajstić information content (AvgIpc) is 2.65. The third kappa shape index (κ3) is 4.25. The zero-order valence-corrected chi connectivity index (χ0v) is 14.4. The van der Waals surface area contributed by atoms with E-state index in [9.17, 15) is 9.18 Å². The second-order valence-corrected chi connectivity index (χ2v) is 5.62. The SMILES string of the molecule is COC(=O)c1ccc(Cl)c(Nc2nccc(Nc3ccc(F)cc3)n2)c1. The molecular weight excluding hydrogens is 359 g/mol. The van der Waals surface area contributed by atoms with Gasteiger partial charge in [-0.05, 0) is 48.5 Å². The number of carbonyl (C=O) groups excluding carboxylic acids is 1. The Hall–Kier alpha value is -3.19. The number of methoxy groups -OCH3 is 1. The first-order valence-corrected chi connectivity index (χ1v) is 7.93. The molecule has 0 spiro atoms. The predicted molar refractivity (Wildman–Crippen MR) is 97.8 cm³/mol. The second kappa shape index (κ2) is 7.79. The molecule has 132 valence electrons. The summed E-state index contributed by atoms with van der Waals surface area (Å²) < 4.78 is 17.7. The van der Waals surface area contributed by atoms with Crippen LogP contribution in [-0.2, 0) is 4.74 Å². The van der Waals surface area contributed by atoms with Crippen molar-refractivity contribution in [3.8, 4) is 0 Å². The van der Waals surface area contributed by atoms with Crippen LogP contribution in [0, 0.1) is 5.82 Å². The Kier molecular flexibility index (Phi) is 5.28. The lowest BCUT2D eigenvalue weighted by Gasteiger charge is -2.10. The number of rotatable bonds is 5. The van der Waals surface area contributed by atoms with Crippen LogP contribution in [0.15, 0.2) is 54.7 Å². The Labute approximate surface area is 154 Å². The Morgan fingerprint density at radius 1 is 1.12 bits per heavy atom. The Balaban J connectivity index is 1.80. The van der Waals surface area contributed by atoms with Crippen molar-refractivity contribution >= 4 is 40.7 Å². The van der Waals surface area contributed by atoms with E-state index in [4.69, 9.17) is 16.3 Å². The summed E-state index contributed by atoms with van der Waals surface area (Å²) in [6.07, 6.45) is 1.55. The van der Waals surface area contributed by atoms with Gasteiger partial charge >= 0.3 is 5.97 Å². The molecule has 0 saturated heterocycles. The van der Waals surface area contributed by atoms with Gasteiger partial charge in [-0.15, -0.1) is 0 Å². The maximum atomic E-state index is 13.0. The zero-order chi connectivity index (χ0) is 18.5. The highest BCUT2D eigenvalue weighted by molar-refractivity contribution is 6.33. The summed E-state index contributed by atoms with van der Waals surface area (Å²) in [5.74, 6) is -0.00605. The summed E-state index contributed by atoms with van der Waals surface area (Å²) in [7, 11) is 1.30. The van der Waals surface area contributed by atoms with Gasteiger partial charge in [-0.1, -0.05) is 11.6 Å². The molecule has 0 aliphatic heterocycles. The molecule has 0 radical (unpaired) electrons. The number of hydrogen-bond acceptors (Lipinski definition) is 6. The molecule has 0 fully saturated rings. The van der Waals surface area contributed by atoms with Crippen molar-refractivity contribution < 1.29 is 13.9 Å². The number of ether oxygens (including phenoxy) is 1. The molecule has 8 heteroatoms. The van der Waals surface area contributed by atoms with Gasteiger partial charge in [-0.25, -0.2) is 14.2 Å². The van der Waals surface area contributed by atoms with Crippen molar-refractivity contribution in [1.29, 1.82) is 0 Å². The molecule has 1 heterocycles. The number of hydrogen-bond donors (Lipinski definition) is 2. The third-order valence-electron chi connectivity index (χ3n) is 3.41. The molecular formula is C18H14ClFN4O2. The van der Waals surface area contributed by atoms with Crippen molar-refractivity contribution in [3.05, 3.63) is 71.1 Å². The van der Waals surface area contributed by atoms with Crippen LogP contribution in [0.1, 0.15) is 10.4 Å². The number of halogens is 2. The van der Waals surface area contributed by atoms with Crippen LogP contribution in [0.5, 0.6) is 0 Å². The summed E-state index contributed by atoms with van der Waals surface area (Å²) in [5.41, 5.74) is 1.50. The van der Waals surface area contributed by atoms with Gasteiger partial charge in [0.15, 0.2) is 0 Å². The van der Waals surface area contributed by atoms with E-state index in [1.807, 2.05) is 0 Å². The fourth-order valence-corrected chi connectivity index (χ4v) is 2.32. The van der Waals surface area contributed by atoms with Crippen LogP contribution in [0.25, 0.3) is 0 Å². The Bertz CT molecular complexity index is 935. The molecule has 0 unspecified atom stereocenters. The molecule has 1 aromatic heterocycles. The maximum absolute atomic E-state index is 13.0. The van der Waals surface area contributed by atoms with Gasteiger partial charge in [0.1, 0.15) is 11.6 Å². The van der Waals surface area contributed by atoms with Gasteiger partial charge < -0.3 is 15.4 Å². The normalized spacial score (nSPS) is 10.3. The minimum atomic E-state index is -0.475. The van der Waals surface area contributed by atoms with E-state index in [0.717, 1.165) is 0 Å². The monoisotopic (exact) mass is 372 g/mol. The van der Waals surface area contributed by atoms with Gasteiger partial charge in [0, 0.05) is 11.9 Å². The number of esters is 1. The Morgan fingerprint density at radius 2 is 1.88 bits per heavy atom. The summed E-state index contributed by atoms with van der Waals surface area (Å²) >= 11 is 6.16. The minimum absolute atomic E-state index is 0.279. The maximum Gasteiger partial charge on any atom is 0.337 e. The van der Waals surface area contributed by atoms with Crippen molar-refractivity contribution in [2.75, 3.05) is 17.7 Å². The van der Waals surface area contributed by atoms with Gasteiger partial charge in [-0.3, -0.25) is 0 Å². The number of nitrogens with zero attached hydrogens (tertiary/aromatic N) is 2. The van der Waals surface area contributed by atoms with Crippen LogP contribution in [0.4, 0.5) is 27.5 Å². The van der Waals surface area contributed by atoms with Crippen LogP contribution >= 0.6 is 11.6 Å². The molecule has 3 aromatic rings.